The van der Waals surface area contributed by atoms with Gasteiger partial charge >= 0.3 is 0 Å². The van der Waals surface area contributed by atoms with Crippen LogP contribution in [0.4, 0.5) is 5.69 Å². The predicted molar refractivity (Wildman–Crippen MR) is 93.9 cm³/mol. The average molecular weight is 336 g/mol. The third-order valence-corrected chi connectivity index (χ3v) is 4.12. The quantitative estimate of drug-likeness (QED) is 0.803. The molecule has 0 saturated heterocycles. The summed E-state index contributed by atoms with van der Waals surface area (Å²) in [5.41, 5.74) is 1.93. The lowest BCUT2D eigenvalue weighted by atomic mass is 10.2. The number of hydrogen-bond acceptors (Lipinski definition) is 3. The van der Waals surface area contributed by atoms with Crippen molar-refractivity contribution in [3.8, 4) is 5.75 Å². The van der Waals surface area contributed by atoms with Crippen LogP contribution in [-0.2, 0) is 10.5 Å². The fourth-order valence-corrected chi connectivity index (χ4v) is 2.75. The van der Waals surface area contributed by atoms with Gasteiger partial charge in [-0.15, -0.1) is 11.8 Å². The number of rotatable bonds is 7. The van der Waals surface area contributed by atoms with Gasteiger partial charge in [0.25, 0.3) is 0 Å². The topological polar surface area (TPSA) is 38.3 Å². The molecule has 22 heavy (non-hydrogen) atoms. The Morgan fingerprint density at radius 2 is 1.82 bits per heavy atom. The van der Waals surface area contributed by atoms with Gasteiger partial charge in [-0.2, -0.15) is 0 Å². The summed E-state index contributed by atoms with van der Waals surface area (Å²) in [5.74, 6) is 1.99. The molecule has 0 aliphatic carbocycles. The number of anilines is 1. The first-order chi connectivity index (χ1) is 10.7. The van der Waals surface area contributed by atoms with Crippen LogP contribution in [0.5, 0.6) is 5.75 Å². The van der Waals surface area contributed by atoms with Crippen molar-refractivity contribution in [3.63, 3.8) is 0 Å². The Kier molecular flexibility index (Phi) is 6.62. The number of ether oxygens (including phenoxy) is 1. The Labute approximate surface area is 140 Å². The molecule has 0 aliphatic rings. The lowest BCUT2D eigenvalue weighted by Gasteiger charge is -2.07. The van der Waals surface area contributed by atoms with E-state index in [1.54, 1.807) is 11.8 Å². The molecule has 0 saturated carbocycles. The van der Waals surface area contributed by atoms with Crippen LogP contribution in [0.15, 0.2) is 48.5 Å². The lowest BCUT2D eigenvalue weighted by Crippen LogP contribution is -2.14. The van der Waals surface area contributed by atoms with Gasteiger partial charge in [-0.3, -0.25) is 4.79 Å². The number of benzene rings is 2. The highest BCUT2D eigenvalue weighted by atomic mass is 35.5. The molecular formula is C17H18ClNO2S. The SMILES string of the molecule is CCOc1ccc(NC(=O)CSCc2ccc(Cl)cc2)cc1. The van der Waals surface area contributed by atoms with Gasteiger partial charge in [0.1, 0.15) is 5.75 Å². The molecule has 0 radical (unpaired) electrons. The largest absolute Gasteiger partial charge is 0.494 e. The Balaban J connectivity index is 1.74. The van der Waals surface area contributed by atoms with Crippen LogP contribution in [0.25, 0.3) is 0 Å². The van der Waals surface area contributed by atoms with Crippen molar-refractivity contribution in [2.24, 2.45) is 0 Å². The van der Waals surface area contributed by atoms with E-state index >= 15 is 0 Å². The van der Waals surface area contributed by atoms with Crippen LogP contribution in [-0.4, -0.2) is 18.3 Å². The van der Waals surface area contributed by atoms with E-state index in [2.05, 4.69) is 5.32 Å². The molecular weight excluding hydrogens is 318 g/mol. The highest BCUT2D eigenvalue weighted by Gasteiger charge is 2.03. The monoisotopic (exact) mass is 335 g/mol. The maximum atomic E-state index is 11.9. The van der Waals surface area contributed by atoms with Crippen molar-refractivity contribution < 1.29 is 9.53 Å². The third kappa shape index (κ3) is 5.62. The first-order valence-electron chi connectivity index (χ1n) is 7.02. The van der Waals surface area contributed by atoms with Gasteiger partial charge in [0, 0.05) is 16.5 Å². The van der Waals surface area contributed by atoms with E-state index in [4.69, 9.17) is 16.3 Å². The Morgan fingerprint density at radius 1 is 1.14 bits per heavy atom. The molecule has 0 spiro atoms. The van der Waals surface area contributed by atoms with E-state index in [0.717, 1.165) is 27.8 Å². The van der Waals surface area contributed by atoms with E-state index in [9.17, 15) is 4.79 Å². The Bertz CT molecular complexity index is 599. The smallest absolute Gasteiger partial charge is 0.234 e. The molecule has 2 aromatic carbocycles. The van der Waals surface area contributed by atoms with Crippen molar-refractivity contribution in [1.82, 2.24) is 0 Å². The summed E-state index contributed by atoms with van der Waals surface area (Å²) in [6.07, 6.45) is 0. The minimum absolute atomic E-state index is 0.0110. The number of halogens is 1. The Morgan fingerprint density at radius 3 is 2.45 bits per heavy atom. The highest BCUT2D eigenvalue weighted by Crippen LogP contribution is 2.18. The summed E-state index contributed by atoms with van der Waals surface area (Å²) in [5, 5.41) is 3.59. The molecule has 3 nitrogen and oxygen atoms in total. The second kappa shape index (κ2) is 8.71. The molecule has 0 aromatic heterocycles. The summed E-state index contributed by atoms with van der Waals surface area (Å²) in [7, 11) is 0. The van der Waals surface area contributed by atoms with Crippen LogP contribution >= 0.6 is 23.4 Å². The summed E-state index contributed by atoms with van der Waals surface area (Å²) >= 11 is 7.41. The van der Waals surface area contributed by atoms with Crippen molar-refractivity contribution in [2.45, 2.75) is 12.7 Å². The third-order valence-electron chi connectivity index (χ3n) is 2.86. The fraction of sp³-hybridized carbons (Fsp3) is 0.235. The van der Waals surface area contributed by atoms with Crippen LogP contribution in [0, 0.1) is 0 Å². The van der Waals surface area contributed by atoms with E-state index in [0.29, 0.717) is 12.4 Å². The molecule has 0 aliphatic heterocycles. The number of carbonyl (C=O) groups is 1. The first kappa shape index (κ1) is 16.7. The van der Waals surface area contributed by atoms with E-state index in [-0.39, 0.29) is 5.91 Å². The first-order valence-corrected chi connectivity index (χ1v) is 8.55. The van der Waals surface area contributed by atoms with Crippen LogP contribution in [0.3, 0.4) is 0 Å². The lowest BCUT2D eigenvalue weighted by molar-refractivity contribution is -0.113. The number of carbonyl (C=O) groups excluding carboxylic acids is 1. The standard InChI is InChI=1S/C17H18ClNO2S/c1-2-21-16-9-7-15(8-10-16)19-17(20)12-22-11-13-3-5-14(18)6-4-13/h3-10H,2,11-12H2,1H3,(H,19,20). The van der Waals surface area contributed by atoms with Crippen molar-refractivity contribution >= 4 is 35.0 Å². The van der Waals surface area contributed by atoms with Crippen LogP contribution < -0.4 is 10.1 Å². The number of amides is 1. The maximum Gasteiger partial charge on any atom is 0.234 e. The fourth-order valence-electron chi connectivity index (χ4n) is 1.84. The molecule has 116 valence electrons. The van der Waals surface area contributed by atoms with Gasteiger partial charge in [-0.1, -0.05) is 23.7 Å². The molecule has 1 N–H and O–H groups in total. The second-order valence-corrected chi connectivity index (χ2v) is 6.05. The number of hydrogen-bond donors (Lipinski definition) is 1. The van der Waals surface area contributed by atoms with E-state index in [1.165, 1.54) is 0 Å². The van der Waals surface area contributed by atoms with Gasteiger partial charge in [0.2, 0.25) is 5.91 Å². The summed E-state index contributed by atoms with van der Waals surface area (Å²) in [4.78, 5) is 11.9. The van der Waals surface area contributed by atoms with Gasteiger partial charge in [0.05, 0.1) is 12.4 Å². The summed E-state index contributed by atoms with van der Waals surface area (Å²) in [6.45, 7) is 2.57. The van der Waals surface area contributed by atoms with Crippen LogP contribution in [0.2, 0.25) is 5.02 Å². The zero-order valence-electron chi connectivity index (χ0n) is 12.3. The normalized spacial score (nSPS) is 10.3. The summed E-state index contributed by atoms with van der Waals surface area (Å²) < 4.78 is 5.36. The molecule has 1 amide bonds. The van der Waals surface area contributed by atoms with E-state index in [1.807, 2.05) is 55.5 Å². The number of thioether (sulfide) groups is 1. The predicted octanol–water partition coefficient (Wildman–Crippen LogP) is 4.61. The molecule has 0 fully saturated rings. The highest BCUT2D eigenvalue weighted by molar-refractivity contribution is 7.99. The van der Waals surface area contributed by atoms with Gasteiger partial charge in [0.15, 0.2) is 0 Å². The molecule has 5 heteroatoms. The van der Waals surface area contributed by atoms with Gasteiger partial charge < -0.3 is 10.1 Å². The second-order valence-electron chi connectivity index (χ2n) is 4.62. The molecule has 0 unspecified atom stereocenters. The molecule has 0 atom stereocenters. The minimum atomic E-state index is -0.0110. The van der Waals surface area contributed by atoms with Crippen molar-refractivity contribution in [2.75, 3.05) is 17.7 Å². The maximum absolute atomic E-state index is 11.9. The van der Waals surface area contributed by atoms with Gasteiger partial charge in [-0.25, -0.2) is 0 Å². The van der Waals surface area contributed by atoms with E-state index < -0.39 is 0 Å². The van der Waals surface area contributed by atoms with Gasteiger partial charge in [-0.05, 0) is 48.9 Å². The summed E-state index contributed by atoms with van der Waals surface area (Å²) in [6, 6.07) is 15.0. The average Bonchev–Trinajstić information content (AvgIpc) is 2.51. The molecule has 0 bridgehead atoms. The van der Waals surface area contributed by atoms with Crippen molar-refractivity contribution in [3.05, 3.63) is 59.1 Å². The molecule has 2 aromatic rings. The minimum Gasteiger partial charge on any atom is -0.494 e. The number of nitrogens with one attached hydrogen (secondary N) is 1. The molecule has 0 heterocycles. The Hall–Kier alpha value is -1.65. The zero-order valence-corrected chi connectivity index (χ0v) is 13.9. The van der Waals surface area contributed by atoms with Crippen LogP contribution in [0.1, 0.15) is 12.5 Å². The molecule has 2 rings (SSSR count). The zero-order chi connectivity index (χ0) is 15.8. The van der Waals surface area contributed by atoms with Crippen molar-refractivity contribution in [1.29, 1.82) is 0 Å².